The zero-order chi connectivity index (χ0) is 25.5. The second-order valence-electron chi connectivity index (χ2n) is 10.8. The number of nitrogens with one attached hydrogen (secondary N) is 1. The molecule has 0 aromatic heterocycles. The fraction of sp³-hybridized carbons (Fsp3) is 1.00. The molecular formula is C29H62NO3S+. The van der Waals surface area contributed by atoms with Gasteiger partial charge in [-0.2, -0.15) is 13.5 Å². The molecular weight excluding hydrogens is 442 g/mol. The van der Waals surface area contributed by atoms with E-state index in [0.717, 1.165) is 17.9 Å². The van der Waals surface area contributed by atoms with Crippen LogP contribution < -0.4 is 5.06 Å². The first-order valence-corrected chi connectivity index (χ1v) is 16.7. The van der Waals surface area contributed by atoms with Crippen LogP contribution in [-0.4, -0.2) is 26.3 Å². The van der Waals surface area contributed by atoms with Crippen LogP contribution in [0.25, 0.3) is 0 Å². The Kier molecular flexibility index (Phi) is 23.2. The number of unbranched alkanes of at least 4 members (excludes halogenated alkanes) is 16. The summed E-state index contributed by atoms with van der Waals surface area (Å²) in [4.78, 5) is 0. The number of hydroxylamine groups is 2. The van der Waals surface area contributed by atoms with Crippen molar-refractivity contribution in [2.45, 2.75) is 182 Å². The van der Waals surface area contributed by atoms with Gasteiger partial charge in [0.1, 0.15) is 12.1 Å². The van der Waals surface area contributed by atoms with Gasteiger partial charge in [0, 0.05) is 12.8 Å². The molecule has 5 heteroatoms. The molecule has 2 unspecified atom stereocenters. The van der Waals surface area contributed by atoms with Crippen molar-refractivity contribution in [1.29, 1.82) is 0 Å². The van der Waals surface area contributed by atoms with Gasteiger partial charge in [0.2, 0.25) is 0 Å². The summed E-state index contributed by atoms with van der Waals surface area (Å²) in [6, 6.07) is 0.425. The number of rotatable bonds is 26. The first kappa shape index (κ1) is 33.9. The molecule has 0 aliphatic heterocycles. The first-order chi connectivity index (χ1) is 16.4. The molecule has 0 bridgehead atoms. The third-order valence-electron chi connectivity index (χ3n) is 7.13. The molecule has 0 aromatic rings. The Balaban J connectivity index is 4.34. The first-order valence-electron chi connectivity index (χ1n) is 15.2. The van der Waals surface area contributed by atoms with E-state index in [9.17, 15) is 8.42 Å². The van der Waals surface area contributed by atoms with E-state index in [-0.39, 0.29) is 17.8 Å². The number of hydrogen-bond donors (Lipinski definition) is 1. The fourth-order valence-corrected chi connectivity index (χ4v) is 6.10. The highest BCUT2D eigenvalue weighted by atomic mass is 32.2. The predicted octanol–water partition coefficient (Wildman–Crippen LogP) is 8.16. The van der Waals surface area contributed by atoms with Gasteiger partial charge in [0.15, 0.2) is 0 Å². The maximum atomic E-state index is 12.5. The summed E-state index contributed by atoms with van der Waals surface area (Å²) in [5.41, 5.74) is 0. The van der Waals surface area contributed by atoms with E-state index in [1.807, 2.05) is 6.92 Å². The van der Waals surface area contributed by atoms with E-state index < -0.39 is 10.1 Å². The van der Waals surface area contributed by atoms with Crippen LogP contribution in [0.4, 0.5) is 0 Å². The fourth-order valence-electron chi connectivity index (χ4n) is 4.90. The molecule has 206 valence electrons. The molecule has 0 amide bonds. The van der Waals surface area contributed by atoms with E-state index in [1.54, 1.807) is 0 Å². The van der Waals surface area contributed by atoms with E-state index in [4.69, 9.17) is 4.28 Å². The SMILES string of the molecule is CCCCCCCCCCCC(C)[NH+](OS(=O)(=O)CCC)C(C)CCCCCCCCCCC. The molecule has 0 rings (SSSR count). The maximum absolute atomic E-state index is 12.5. The number of quaternary nitrogens is 1. The topological polar surface area (TPSA) is 47.8 Å². The van der Waals surface area contributed by atoms with E-state index in [1.165, 1.54) is 116 Å². The lowest BCUT2D eigenvalue weighted by Gasteiger charge is -2.28. The van der Waals surface area contributed by atoms with Crippen LogP contribution in [0.5, 0.6) is 0 Å². The quantitative estimate of drug-likeness (QED) is 0.0954. The van der Waals surface area contributed by atoms with Gasteiger partial charge in [-0.05, 0) is 33.1 Å². The third kappa shape index (κ3) is 20.1. The highest BCUT2D eigenvalue weighted by Gasteiger charge is 2.30. The smallest absolute Gasteiger partial charge is 0.194 e. The molecule has 2 atom stereocenters. The Hall–Kier alpha value is -0.130. The molecule has 1 N–H and O–H groups in total. The van der Waals surface area contributed by atoms with Crippen LogP contribution in [0.2, 0.25) is 0 Å². The van der Waals surface area contributed by atoms with Crippen molar-refractivity contribution in [2.75, 3.05) is 5.75 Å². The summed E-state index contributed by atoms with van der Waals surface area (Å²) in [5, 5.41) is 0.826. The van der Waals surface area contributed by atoms with Crippen LogP contribution in [0.1, 0.15) is 169 Å². The van der Waals surface area contributed by atoms with Crippen molar-refractivity contribution in [2.24, 2.45) is 0 Å². The molecule has 0 aliphatic carbocycles. The van der Waals surface area contributed by atoms with Crippen molar-refractivity contribution in [3.05, 3.63) is 0 Å². The van der Waals surface area contributed by atoms with Crippen LogP contribution in [0.3, 0.4) is 0 Å². The third-order valence-corrected chi connectivity index (χ3v) is 8.48. The van der Waals surface area contributed by atoms with E-state index in [0.29, 0.717) is 6.42 Å². The summed E-state index contributed by atoms with van der Waals surface area (Å²) in [7, 11) is -3.46. The minimum Gasteiger partial charge on any atom is -0.194 e. The summed E-state index contributed by atoms with van der Waals surface area (Å²) >= 11 is 0. The Morgan fingerprint density at radius 1 is 0.529 bits per heavy atom. The Morgan fingerprint density at radius 2 is 0.853 bits per heavy atom. The molecule has 0 fully saturated rings. The average molecular weight is 505 g/mol. The second kappa shape index (κ2) is 23.3. The van der Waals surface area contributed by atoms with Crippen LogP contribution in [0, 0.1) is 0 Å². The van der Waals surface area contributed by atoms with E-state index in [2.05, 4.69) is 27.7 Å². The normalized spacial score (nSPS) is 14.9. The summed E-state index contributed by atoms with van der Waals surface area (Å²) < 4.78 is 30.7. The minimum atomic E-state index is -3.46. The van der Waals surface area contributed by atoms with Crippen molar-refractivity contribution in [1.82, 2.24) is 0 Å². The Morgan fingerprint density at radius 3 is 1.18 bits per heavy atom. The van der Waals surface area contributed by atoms with Gasteiger partial charge in [-0.1, -0.05) is 128 Å². The summed E-state index contributed by atoms with van der Waals surface area (Å²) in [6.45, 7) is 10.8. The zero-order valence-corrected chi connectivity index (χ0v) is 24.7. The van der Waals surface area contributed by atoms with Gasteiger partial charge in [-0.3, -0.25) is 0 Å². The molecule has 0 saturated heterocycles. The molecule has 0 saturated carbocycles. The lowest BCUT2D eigenvalue weighted by molar-refractivity contribution is -1.10. The lowest BCUT2D eigenvalue weighted by atomic mass is 10.0. The largest absolute Gasteiger partial charge is 0.314 e. The van der Waals surface area contributed by atoms with E-state index >= 15 is 0 Å². The van der Waals surface area contributed by atoms with Gasteiger partial charge in [0.25, 0.3) is 0 Å². The molecule has 34 heavy (non-hydrogen) atoms. The monoisotopic (exact) mass is 504 g/mol. The van der Waals surface area contributed by atoms with Crippen LogP contribution in [-0.2, 0) is 14.4 Å². The van der Waals surface area contributed by atoms with Crippen molar-refractivity contribution < 1.29 is 17.8 Å². The summed E-state index contributed by atoms with van der Waals surface area (Å²) in [5.74, 6) is 0.117. The standard InChI is InChI=1S/C29H61NO3S/c1-6-9-11-13-15-17-19-21-23-25-28(4)30(33-34(31,32)27-8-3)29(5)26-24-22-20-18-16-14-12-10-7-2/h28-29H,6-27H2,1-5H3/p+1. The van der Waals surface area contributed by atoms with Gasteiger partial charge in [0.05, 0.1) is 5.75 Å². The molecule has 0 heterocycles. The zero-order valence-electron chi connectivity index (χ0n) is 23.8. The summed E-state index contributed by atoms with van der Waals surface area (Å²) in [6.07, 6.45) is 26.4. The van der Waals surface area contributed by atoms with Crippen molar-refractivity contribution in [3.63, 3.8) is 0 Å². The molecule has 0 aliphatic rings. The lowest BCUT2D eigenvalue weighted by Crippen LogP contribution is -3.18. The van der Waals surface area contributed by atoms with Crippen LogP contribution in [0.15, 0.2) is 0 Å². The maximum Gasteiger partial charge on any atom is 0.314 e. The Labute approximate surface area is 215 Å². The van der Waals surface area contributed by atoms with Crippen molar-refractivity contribution in [3.8, 4) is 0 Å². The predicted molar refractivity (Wildman–Crippen MR) is 149 cm³/mol. The second-order valence-corrected chi connectivity index (χ2v) is 12.5. The van der Waals surface area contributed by atoms with Gasteiger partial charge >= 0.3 is 10.1 Å². The van der Waals surface area contributed by atoms with Crippen molar-refractivity contribution >= 4 is 10.1 Å². The minimum absolute atomic E-state index is 0.117. The molecule has 0 spiro atoms. The number of hydrogen-bond acceptors (Lipinski definition) is 3. The Bertz CT molecular complexity index is 495. The van der Waals surface area contributed by atoms with Gasteiger partial charge in [-0.25, -0.2) is 0 Å². The van der Waals surface area contributed by atoms with Crippen LogP contribution >= 0.6 is 0 Å². The average Bonchev–Trinajstić information content (AvgIpc) is 2.80. The molecule has 0 radical (unpaired) electrons. The van der Waals surface area contributed by atoms with Gasteiger partial charge < -0.3 is 0 Å². The molecule has 4 nitrogen and oxygen atoms in total. The molecule has 0 aromatic carbocycles. The highest BCUT2D eigenvalue weighted by Crippen LogP contribution is 2.13. The highest BCUT2D eigenvalue weighted by molar-refractivity contribution is 7.86. The van der Waals surface area contributed by atoms with Gasteiger partial charge in [-0.15, -0.1) is 0 Å².